The fourth-order valence-electron chi connectivity index (χ4n) is 4.04. The lowest BCUT2D eigenvalue weighted by Gasteiger charge is -2.15. The van der Waals surface area contributed by atoms with Crippen molar-refractivity contribution in [1.29, 1.82) is 0 Å². The molecule has 36 heavy (non-hydrogen) atoms. The molecule has 2 aromatic carbocycles. The van der Waals surface area contributed by atoms with E-state index in [0.717, 1.165) is 5.56 Å². The zero-order chi connectivity index (χ0) is 26.1. The molecule has 0 radical (unpaired) electrons. The molecule has 2 heterocycles. The molecule has 4 rings (SSSR count). The van der Waals surface area contributed by atoms with Crippen molar-refractivity contribution >= 4 is 46.5 Å². The third-order valence-corrected chi connectivity index (χ3v) is 6.11. The lowest BCUT2D eigenvalue weighted by molar-refractivity contribution is -0.133. The van der Waals surface area contributed by atoms with Crippen LogP contribution in [0.1, 0.15) is 58.3 Å². The molecule has 3 aromatic rings. The predicted octanol–water partition coefficient (Wildman–Crippen LogP) is 4.28. The number of nitrogens with one attached hydrogen (secondary N) is 4. The largest absolute Gasteiger partial charge is 0.357 e. The second-order valence-corrected chi connectivity index (χ2v) is 8.69. The molecule has 1 aliphatic heterocycles. The molecule has 3 amide bonds. The number of H-pyrrole nitrogens is 1. The molecule has 4 N–H and O–H groups in total. The minimum absolute atomic E-state index is 0.330. The predicted molar refractivity (Wildman–Crippen MR) is 135 cm³/mol. The Morgan fingerprint density at radius 2 is 1.75 bits per heavy atom. The fraction of sp³-hybridized carbons (Fsp3) is 0.185. The number of aryl methyl sites for hydroxylation is 1. The summed E-state index contributed by atoms with van der Waals surface area (Å²) in [6.07, 6.45) is 1.65. The molecule has 9 heteroatoms. The highest BCUT2D eigenvalue weighted by Crippen LogP contribution is 2.35. The summed E-state index contributed by atoms with van der Waals surface area (Å²) >= 11 is 0. The SMILES string of the molecule is CC(=O)C(=O)Nc1c(C)[nH]c(/C=C2\C(=O)Nc3ccc(C(=O)N[C@H](C)c4ccc(F)cc4)cc32)c1C. The molecule has 0 fully saturated rings. The topological polar surface area (TPSA) is 120 Å². The number of ketones is 1. The Kier molecular flexibility index (Phi) is 6.57. The van der Waals surface area contributed by atoms with Gasteiger partial charge in [-0.15, -0.1) is 0 Å². The van der Waals surface area contributed by atoms with Crippen molar-refractivity contribution in [3.8, 4) is 0 Å². The van der Waals surface area contributed by atoms with E-state index in [9.17, 15) is 23.6 Å². The van der Waals surface area contributed by atoms with E-state index in [2.05, 4.69) is 20.9 Å². The van der Waals surface area contributed by atoms with Gasteiger partial charge in [0.25, 0.3) is 17.7 Å². The Morgan fingerprint density at radius 1 is 1.06 bits per heavy atom. The summed E-state index contributed by atoms with van der Waals surface area (Å²) in [5.41, 5.74) is 4.96. The standard InChI is InChI=1S/C27H25FN4O4/c1-13-23(29-15(3)24(13)32-25(34)16(4)33)12-21-20-11-18(7-10-22(20)31-27(21)36)26(35)30-14(2)17-5-8-19(28)9-6-17/h5-12,14,29H,1-4H3,(H,30,35)(H,31,36)(H,32,34)/b21-12-/t14-/m1/s1. The van der Waals surface area contributed by atoms with E-state index in [4.69, 9.17) is 0 Å². The third kappa shape index (κ3) is 4.81. The first-order chi connectivity index (χ1) is 17.0. The molecule has 1 aliphatic rings. The van der Waals surface area contributed by atoms with Crippen LogP contribution >= 0.6 is 0 Å². The summed E-state index contributed by atoms with van der Waals surface area (Å²) in [4.78, 5) is 52.0. The molecule has 0 spiro atoms. The van der Waals surface area contributed by atoms with Crippen LogP contribution in [0.3, 0.4) is 0 Å². The monoisotopic (exact) mass is 488 g/mol. The maximum absolute atomic E-state index is 13.2. The van der Waals surface area contributed by atoms with Crippen LogP contribution in [0.15, 0.2) is 42.5 Å². The summed E-state index contributed by atoms with van der Waals surface area (Å²) in [6, 6.07) is 10.5. The van der Waals surface area contributed by atoms with Crippen LogP contribution in [0.25, 0.3) is 11.6 Å². The molecular weight excluding hydrogens is 463 g/mol. The number of Topliss-reactive ketones (excluding diaryl/α,β-unsaturated/α-hetero) is 1. The lowest BCUT2D eigenvalue weighted by Crippen LogP contribution is -2.26. The number of anilines is 2. The van der Waals surface area contributed by atoms with Crippen molar-refractivity contribution in [3.05, 3.63) is 81.9 Å². The number of hydrogen-bond donors (Lipinski definition) is 4. The summed E-state index contributed by atoms with van der Waals surface area (Å²) in [5.74, 6) is -2.36. The molecule has 1 aromatic heterocycles. The van der Waals surface area contributed by atoms with Crippen LogP contribution in [0, 0.1) is 19.7 Å². The zero-order valence-corrected chi connectivity index (χ0v) is 20.2. The van der Waals surface area contributed by atoms with Gasteiger partial charge in [-0.2, -0.15) is 0 Å². The van der Waals surface area contributed by atoms with Gasteiger partial charge in [0.2, 0.25) is 5.78 Å². The van der Waals surface area contributed by atoms with Crippen molar-refractivity contribution < 1.29 is 23.6 Å². The number of benzene rings is 2. The van der Waals surface area contributed by atoms with Crippen molar-refractivity contribution in [1.82, 2.24) is 10.3 Å². The highest BCUT2D eigenvalue weighted by molar-refractivity contribution is 6.40. The summed E-state index contributed by atoms with van der Waals surface area (Å²) < 4.78 is 13.2. The van der Waals surface area contributed by atoms with Crippen molar-refractivity contribution in [2.45, 2.75) is 33.7 Å². The first kappa shape index (κ1) is 24.6. The smallest absolute Gasteiger partial charge is 0.291 e. The Bertz CT molecular complexity index is 1440. The molecule has 1 atom stereocenters. The van der Waals surface area contributed by atoms with Gasteiger partial charge in [-0.25, -0.2) is 4.39 Å². The number of amides is 3. The Balaban J connectivity index is 1.62. The second-order valence-electron chi connectivity index (χ2n) is 8.69. The average molecular weight is 489 g/mol. The third-order valence-electron chi connectivity index (χ3n) is 6.11. The van der Waals surface area contributed by atoms with E-state index in [0.29, 0.717) is 45.0 Å². The van der Waals surface area contributed by atoms with E-state index in [1.807, 2.05) is 0 Å². The Morgan fingerprint density at radius 3 is 2.42 bits per heavy atom. The maximum Gasteiger partial charge on any atom is 0.291 e. The summed E-state index contributed by atoms with van der Waals surface area (Å²) in [6.45, 7) is 6.50. The minimum Gasteiger partial charge on any atom is -0.357 e. The van der Waals surface area contributed by atoms with Crippen molar-refractivity contribution in [3.63, 3.8) is 0 Å². The Hall–Kier alpha value is -4.53. The van der Waals surface area contributed by atoms with Gasteiger partial charge in [-0.05, 0) is 68.3 Å². The van der Waals surface area contributed by atoms with Gasteiger partial charge in [0.1, 0.15) is 5.82 Å². The van der Waals surface area contributed by atoms with Crippen LogP contribution in [-0.2, 0) is 14.4 Å². The first-order valence-corrected chi connectivity index (χ1v) is 11.3. The molecule has 184 valence electrons. The molecule has 0 bridgehead atoms. The number of carbonyl (C=O) groups is 4. The quantitative estimate of drug-likeness (QED) is 0.306. The lowest BCUT2D eigenvalue weighted by atomic mass is 10.0. The number of aromatic nitrogens is 1. The zero-order valence-electron chi connectivity index (χ0n) is 20.2. The summed E-state index contributed by atoms with van der Waals surface area (Å²) in [5, 5.41) is 8.27. The number of rotatable bonds is 6. The molecule has 8 nitrogen and oxygen atoms in total. The number of hydrogen-bond acceptors (Lipinski definition) is 4. The number of aromatic amines is 1. The van der Waals surface area contributed by atoms with E-state index < -0.39 is 11.7 Å². The molecule has 0 saturated heterocycles. The summed E-state index contributed by atoms with van der Waals surface area (Å²) in [7, 11) is 0. The van der Waals surface area contributed by atoms with Gasteiger partial charge >= 0.3 is 0 Å². The highest BCUT2D eigenvalue weighted by Gasteiger charge is 2.27. The van der Waals surface area contributed by atoms with Gasteiger partial charge in [-0.3, -0.25) is 19.2 Å². The Labute approximate surface area is 207 Å². The molecular formula is C27H25FN4O4. The van der Waals surface area contributed by atoms with Crippen molar-refractivity contribution in [2.75, 3.05) is 10.6 Å². The second kappa shape index (κ2) is 9.61. The van der Waals surface area contributed by atoms with Gasteiger partial charge in [0, 0.05) is 35.1 Å². The molecule has 0 unspecified atom stereocenters. The van der Waals surface area contributed by atoms with Gasteiger partial charge in [0.05, 0.1) is 17.3 Å². The van der Waals surface area contributed by atoms with E-state index in [1.54, 1.807) is 57.2 Å². The normalized spacial score (nSPS) is 14.2. The highest BCUT2D eigenvalue weighted by atomic mass is 19.1. The van der Waals surface area contributed by atoms with Crippen LogP contribution in [0.2, 0.25) is 0 Å². The number of carbonyl (C=O) groups excluding carboxylic acids is 4. The molecule has 0 aliphatic carbocycles. The van der Waals surface area contributed by atoms with E-state index >= 15 is 0 Å². The number of fused-ring (bicyclic) bond motifs is 1. The van der Waals surface area contributed by atoms with Crippen molar-refractivity contribution in [2.24, 2.45) is 0 Å². The van der Waals surface area contributed by atoms with Gasteiger partial charge < -0.3 is 20.9 Å². The van der Waals surface area contributed by atoms with E-state index in [1.165, 1.54) is 19.1 Å². The average Bonchev–Trinajstić information content (AvgIpc) is 3.29. The van der Waals surface area contributed by atoms with Crippen LogP contribution < -0.4 is 16.0 Å². The first-order valence-electron chi connectivity index (χ1n) is 11.3. The number of halogens is 1. The van der Waals surface area contributed by atoms with Crippen LogP contribution in [-0.4, -0.2) is 28.5 Å². The molecule has 0 saturated carbocycles. The van der Waals surface area contributed by atoms with Crippen LogP contribution in [0.5, 0.6) is 0 Å². The minimum atomic E-state index is -0.728. The van der Waals surface area contributed by atoms with Gasteiger partial charge in [0.15, 0.2) is 0 Å². The van der Waals surface area contributed by atoms with E-state index in [-0.39, 0.29) is 23.7 Å². The van der Waals surface area contributed by atoms with Gasteiger partial charge in [-0.1, -0.05) is 12.1 Å². The van der Waals surface area contributed by atoms with Crippen LogP contribution in [0.4, 0.5) is 15.8 Å². The fourth-order valence-corrected chi connectivity index (χ4v) is 4.04. The maximum atomic E-state index is 13.2.